The lowest BCUT2D eigenvalue weighted by molar-refractivity contribution is 0.0862. The van der Waals surface area contributed by atoms with Gasteiger partial charge in [-0.3, -0.25) is 0 Å². The maximum Gasteiger partial charge on any atom is 0.125 e. The molecular formula is C29H42O3. The van der Waals surface area contributed by atoms with Crippen molar-refractivity contribution in [2.75, 3.05) is 0 Å². The van der Waals surface area contributed by atoms with E-state index in [1.165, 1.54) is 24.0 Å². The molecular weight excluding hydrogens is 396 g/mol. The van der Waals surface area contributed by atoms with Crippen LogP contribution in [0.1, 0.15) is 85.5 Å². The standard InChI is InChI=1S/C29H42O3/c1-6-29(32,7-2)17-8-10-20(3)25-14-15-26-22(11-9-16-28(25,26)5)12-13-23-18-24(30)19-27(31)21(23)4/h12-14,20,24,26-27,30-32H,4,6-7,9-11,15-16,18-19H2,1-3,5H3/b22-12-,23-13-/t20-,24-,26+,27+,28-/m1/s1. The van der Waals surface area contributed by atoms with E-state index >= 15 is 0 Å². The largest absolute Gasteiger partial charge is 0.393 e. The molecule has 0 bridgehead atoms. The van der Waals surface area contributed by atoms with Crippen LogP contribution in [0, 0.1) is 29.1 Å². The predicted molar refractivity (Wildman–Crippen MR) is 132 cm³/mol. The van der Waals surface area contributed by atoms with E-state index in [1.54, 1.807) is 0 Å². The first kappa shape index (κ1) is 25.0. The molecule has 0 aromatic carbocycles. The van der Waals surface area contributed by atoms with Crippen LogP contribution in [0.4, 0.5) is 0 Å². The van der Waals surface area contributed by atoms with Crippen molar-refractivity contribution < 1.29 is 15.3 Å². The summed E-state index contributed by atoms with van der Waals surface area (Å²) in [5.74, 6) is 7.30. The summed E-state index contributed by atoms with van der Waals surface area (Å²) in [5, 5.41) is 30.6. The first-order valence-corrected chi connectivity index (χ1v) is 12.5. The molecule has 0 heterocycles. The van der Waals surface area contributed by atoms with Gasteiger partial charge in [-0.25, -0.2) is 0 Å². The van der Waals surface area contributed by atoms with Gasteiger partial charge in [-0.15, -0.1) is 0 Å². The number of hydrogen-bond acceptors (Lipinski definition) is 3. The van der Waals surface area contributed by atoms with Crippen molar-refractivity contribution in [1.29, 1.82) is 0 Å². The van der Waals surface area contributed by atoms with Gasteiger partial charge in [0.05, 0.1) is 12.2 Å². The van der Waals surface area contributed by atoms with E-state index in [0.29, 0.717) is 37.5 Å². The molecule has 176 valence electrons. The molecule has 3 nitrogen and oxygen atoms in total. The molecule has 3 heteroatoms. The van der Waals surface area contributed by atoms with Gasteiger partial charge in [-0.05, 0) is 73.3 Å². The van der Waals surface area contributed by atoms with Gasteiger partial charge in [-0.1, -0.05) is 75.5 Å². The van der Waals surface area contributed by atoms with Crippen LogP contribution in [-0.2, 0) is 0 Å². The summed E-state index contributed by atoms with van der Waals surface area (Å²) in [6, 6.07) is 0. The van der Waals surface area contributed by atoms with Crippen molar-refractivity contribution in [3.05, 3.63) is 47.1 Å². The molecule has 2 fully saturated rings. The molecule has 0 aromatic rings. The summed E-state index contributed by atoms with van der Waals surface area (Å²) in [5.41, 5.74) is 4.05. The summed E-state index contributed by atoms with van der Waals surface area (Å²) in [6.07, 6.45) is 13.3. The molecule has 0 radical (unpaired) electrons. The van der Waals surface area contributed by atoms with Gasteiger partial charge in [0.15, 0.2) is 0 Å². The van der Waals surface area contributed by atoms with Crippen LogP contribution in [0.5, 0.6) is 0 Å². The lowest BCUT2D eigenvalue weighted by Gasteiger charge is -2.42. The fourth-order valence-electron chi connectivity index (χ4n) is 5.99. The van der Waals surface area contributed by atoms with Crippen LogP contribution in [0.3, 0.4) is 0 Å². The van der Waals surface area contributed by atoms with E-state index in [4.69, 9.17) is 0 Å². The highest BCUT2D eigenvalue weighted by Crippen LogP contribution is 2.56. The average molecular weight is 439 g/mol. The number of fused-ring (bicyclic) bond motifs is 1. The number of rotatable bonds is 5. The molecule has 3 rings (SSSR count). The van der Waals surface area contributed by atoms with Crippen LogP contribution in [0.2, 0.25) is 0 Å². The Morgan fingerprint density at radius 3 is 2.69 bits per heavy atom. The van der Waals surface area contributed by atoms with Gasteiger partial charge in [-0.2, -0.15) is 0 Å². The second-order valence-corrected chi connectivity index (χ2v) is 10.4. The van der Waals surface area contributed by atoms with Crippen molar-refractivity contribution >= 4 is 0 Å². The number of hydrogen-bond donors (Lipinski definition) is 3. The Morgan fingerprint density at radius 1 is 1.28 bits per heavy atom. The molecule has 3 aliphatic carbocycles. The molecule has 3 aliphatic rings. The van der Waals surface area contributed by atoms with E-state index in [1.807, 2.05) is 13.8 Å². The van der Waals surface area contributed by atoms with Crippen molar-refractivity contribution in [2.24, 2.45) is 17.3 Å². The second kappa shape index (κ2) is 10.1. The summed E-state index contributed by atoms with van der Waals surface area (Å²) in [4.78, 5) is 0. The minimum Gasteiger partial charge on any atom is -0.393 e. The lowest BCUT2D eigenvalue weighted by Crippen LogP contribution is -2.32. The molecule has 32 heavy (non-hydrogen) atoms. The second-order valence-electron chi connectivity index (χ2n) is 10.4. The molecule has 0 aromatic heterocycles. The van der Waals surface area contributed by atoms with Crippen LogP contribution in [0.25, 0.3) is 0 Å². The SMILES string of the molecule is C=C1/C(=C\C=C2\CCC[C@]3(C)C([C@H](C)CC#CC(O)(CC)CC)=CC[C@@H]23)C[C@@H](O)C[C@@H]1O. The molecule has 0 spiro atoms. The Balaban J connectivity index is 1.74. The van der Waals surface area contributed by atoms with Gasteiger partial charge in [0.1, 0.15) is 5.60 Å². The summed E-state index contributed by atoms with van der Waals surface area (Å²) in [7, 11) is 0. The molecule has 3 N–H and O–H groups in total. The zero-order valence-corrected chi connectivity index (χ0v) is 20.5. The molecule has 0 amide bonds. The molecule has 0 saturated heterocycles. The Morgan fingerprint density at radius 2 is 2.00 bits per heavy atom. The van der Waals surface area contributed by atoms with Crippen molar-refractivity contribution in [3.63, 3.8) is 0 Å². The van der Waals surface area contributed by atoms with Gasteiger partial charge in [0.25, 0.3) is 0 Å². The van der Waals surface area contributed by atoms with Gasteiger partial charge in [0.2, 0.25) is 0 Å². The summed E-state index contributed by atoms with van der Waals surface area (Å²) in [6.45, 7) is 12.7. The Hall–Kier alpha value is -1.60. The molecule has 0 aliphatic heterocycles. The van der Waals surface area contributed by atoms with Gasteiger partial charge >= 0.3 is 0 Å². The number of aliphatic hydroxyl groups excluding tert-OH is 2. The first-order valence-electron chi connectivity index (χ1n) is 12.5. The fraction of sp³-hybridized carbons (Fsp3) is 0.655. The molecule has 5 atom stereocenters. The average Bonchev–Trinajstić information content (AvgIpc) is 3.12. The smallest absolute Gasteiger partial charge is 0.125 e. The van der Waals surface area contributed by atoms with Gasteiger partial charge < -0.3 is 15.3 Å². The zero-order chi connectivity index (χ0) is 23.5. The van der Waals surface area contributed by atoms with Crippen LogP contribution < -0.4 is 0 Å². The quantitative estimate of drug-likeness (QED) is 0.385. The lowest BCUT2D eigenvalue weighted by atomic mass is 9.62. The highest BCUT2D eigenvalue weighted by atomic mass is 16.3. The highest BCUT2D eigenvalue weighted by Gasteiger charge is 2.45. The third kappa shape index (κ3) is 5.14. The number of allylic oxidation sites excluding steroid dienone is 5. The summed E-state index contributed by atoms with van der Waals surface area (Å²) >= 11 is 0. The normalized spacial score (nSPS) is 34.2. The van der Waals surface area contributed by atoms with Crippen molar-refractivity contribution in [3.8, 4) is 11.8 Å². The van der Waals surface area contributed by atoms with E-state index in [-0.39, 0.29) is 5.41 Å². The summed E-state index contributed by atoms with van der Waals surface area (Å²) < 4.78 is 0. The third-order valence-corrected chi connectivity index (χ3v) is 8.31. The fourth-order valence-corrected chi connectivity index (χ4v) is 5.99. The minimum atomic E-state index is -0.852. The zero-order valence-electron chi connectivity index (χ0n) is 20.5. The molecule has 2 saturated carbocycles. The van der Waals surface area contributed by atoms with Crippen LogP contribution in [0.15, 0.2) is 47.1 Å². The van der Waals surface area contributed by atoms with E-state index < -0.39 is 17.8 Å². The van der Waals surface area contributed by atoms with Crippen LogP contribution in [-0.4, -0.2) is 33.1 Å². The topological polar surface area (TPSA) is 60.7 Å². The van der Waals surface area contributed by atoms with Crippen LogP contribution >= 0.6 is 0 Å². The van der Waals surface area contributed by atoms with E-state index in [9.17, 15) is 15.3 Å². The minimum absolute atomic E-state index is 0.165. The Kier molecular flexibility index (Phi) is 7.92. The Bertz CT molecular complexity index is 861. The highest BCUT2D eigenvalue weighted by molar-refractivity contribution is 5.40. The maximum atomic E-state index is 10.5. The predicted octanol–water partition coefficient (Wildman–Crippen LogP) is 5.63. The monoisotopic (exact) mass is 438 g/mol. The van der Waals surface area contributed by atoms with Crippen molar-refractivity contribution in [1.82, 2.24) is 0 Å². The number of aliphatic hydroxyl groups is 3. The third-order valence-electron chi connectivity index (χ3n) is 8.31. The first-order chi connectivity index (χ1) is 15.1. The van der Waals surface area contributed by atoms with Gasteiger partial charge in [0, 0.05) is 12.8 Å². The maximum absolute atomic E-state index is 10.5. The van der Waals surface area contributed by atoms with E-state index in [0.717, 1.165) is 30.4 Å². The Labute approximate surface area is 195 Å². The molecule has 0 unspecified atom stereocenters. The van der Waals surface area contributed by atoms with Crippen molar-refractivity contribution in [2.45, 2.75) is 103 Å². The van der Waals surface area contributed by atoms with E-state index in [2.05, 4.69) is 50.5 Å².